The average Bonchev–Trinajstić information content (AvgIpc) is 3.15. The van der Waals surface area contributed by atoms with E-state index in [1.165, 1.54) is 0 Å². The van der Waals surface area contributed by atoms with Crippen molar-refractivity contribution >= 4 is 17.5 Å². The number of amides is 1. The molecule has 0 N–H and O–H groups in total. The zero-order valence-electron chi connectivity index (χ0n) is 13.9. The molecule has 23 heavy (non-hydrogen) atoms. The molecule has 1 atom stereocenters. The van der Waals surface area contributed by atoms with Gasteiger partial charge in [0.25, 0.3) is 0 Å². The van der Waals surface area contributed by atoms with E-state index in [0.717, 1.165) is 41.9 Å². The third kappa shape index (κ3) is 2.76. The average molecular weight is 337 g/mol. The lowest BCUT2D eigenvalue weighted by Gasteiger charge is -2.25. The summed E-state index contributed by atoms with van der Waals surface area (Å²) in [6.07, 6.45) is 2.21. The van der Waals surface area contributed by atoms with Crippen molar-refractivity contribution in [3.8, 4) is 0 Å². The smallest absolute Gasteiger partial charge is 0.227 e. The monoisotopic (exact) mass is 336 g/mol. The first-order valence-corrected chi connectivity index (χ1v) is 8.18. The Kier molecular flexibility index (Phi) is 4.19. The van der Waals surface area contributed by atoms with E-state index in [2.05, 4.69) is 10.3 Å². The van der Waals surface area contributed by atoms with Crippen molar-refractivity contribution in [1.82, 2.24) is 19.8 Å². The summed E-state index contributed by atoms with van der Waals surface area (Å²) < 4.78 is 6.82. The number of rotatable bonds is 3. The Morgan fingerprint density at radius 3 is 2.65 bits per heavy atom. The van der Waals surface area contributed by atoms with Gasteiger partial charge in [-0.15, -0.1) is 0 Å². The van der Waals surface area contributed by atoms with Crippen LogP contribution in [-0.4, -0.2) is 32.3 Å². The zero-order chi connectivity index (χ0) is 16.7. The van der Waals surface area contributed by atoms with Crippen molar-refractivity contribution < 1.29 is 9.32 Å². The lowest BCUT2D eigenvalue weighted by molar-refractivity contribution is -0.131. The van der Waals surface area contributed by atoms with Crippen molar-refractivity contribution in [2.75, 3.05) is 6.54 Å². The van der Waals surface area contributed by atoms with E-state index in [0.29, 0.717) is 17.3 Å². The molecule has 3 rings (SSSR count). The second kappa shape index (κ2) is 6.00. The summed E-state index contributed by atoms with van der Waals surface area (Å²) in [6, 6.07) is 0.00386. The second-order valence-corrected chi connectivity index (χ2v) is 6.50. The van der Waals surface area contributed by atoms with E-state index < -0.39 is 0 Å². The number of halogens is 1. The van der Waals surface area contributed by atoms with E-state index in [4.69, 9.17) is 16.1 Å². The highest BCUT2D eigenvalue weighted by atomic mass is 35.5. The lowest BCUT2D eigenvalue weighted by atomic mass is 10.0. The van der Waals surface area contributed by atoms with Gasteiger partial charge < -0.3 is 9.42 Å². The fraction of sp³-hybridized carbons (Fsp3) is 0.562. The number of aryl methyl sites for hydroxylation is 4. The van der Waals surface area contributed by atoms with Gasteiger partial charge in [0, 0.05) is 24.7 Å². The van der Waals surface area contributed by atoms with Crippen molar-refractivity contribution in [2.45, 2.75) is 46.1 Å². The normalized spacial score (nSPS) is 18.0. The minimum absolute atomic E-state index is 0.00386. The highest BCUT2D eigenvalue weighted by Gasteiger charge is 2.34. The van der Waals surface area contributed by atoms with Crippen LogP contribution in [-0.2, 0) is 18.3 Å². The lowest BCUT2D eigenvalue weighted by Crippen LogP contribution is -2.32. The first kappa shape index (κ1) is 16.1. The molecule has 2 aromatic rings. The fourth-order valence-electron chi connectivity index (χ4n) is 3.40. The number of nitrogens with zero attached hydrogens (tertiary/aromatic N) is 4. The highest BCUT2D eigenvalue weighted by Crippen LogP contribution is 2.37. The quantitative estimate of drug-likeness (QED) is 0.864. The Morgan fingerprint density at radius 2 is 2.09 bits per heavy atom. The minimum Gasteiger partial charge on any atom is -0.361 e. The first-order valence-electron chi connectivity index (χ1n) is 7.80. The van der Waals surface area contributed by atoms with Crippen LogP contribution in [0.3, 0.4) is 0 Å². The first-order chi connectivity index (χ1) is 10.9. The Bertz CT molecular complexity index is 730. The Hall–Kier alpha value is -1.82. The van der Waals surface area contributed by atoms with Gasteiger partial charge in [0.1, 0.15) is 10.9 Å². The molecule has 1 amide bonds. The third-order valence-electron chi connectivity index (χ3n) is 4.61. The topological polar surface area (TPSA) is 64.2 Å². The molecule has 0 aliphatic carbocycles. The molecule has 7 heteroatoms. The van der Waals surface area contributed by atoms with Gasteiger partial charge in [0.15, 0.2) is 0 Å². The van der Waals surface area contributed by atoms with E-state index in [-0.39, 0.29) is 11.9 Å². The number of likely N-dealkylation sites (tertiary alicyclic amines) is 1. The summed E-state index contributed by atoms with van der Waals surface area (Å²) in [5, 5.41) is 8.91. The maximum Gasteiger partial charge on any atom is 0.227 e. The Morgan fingerprint density at radius 1 is 1.35 bits per heavy atom. The van der Waals surface area contributed by atoms with Gasteiger partial charge in [-0.3, -0.25) is 9.48 Å². The molecule has 6 nitrogen and oxygen atoms in total. The standard InChI is InChI=1S/C16H21ClN4O2/c1-9-12(11(3)23-19-9)8-14(22)21-7-5-6-13(21)15-10(2)18-20(4)16(15)17/h13H,5-8H2,1-4H3/t13-/m0/s1. The molecule has 0 bridgehead atoms. The molecule has 1 saturated heterocycles. The maximum absolute atomic E-state index is 12.8. The van der Waals surface area contributed by atoms with Crippen molar-refractivity contribution in [1.29, 1.82) is 0 Å². The predicted molar refractivity (Wildman–Crippen MR) is 86.3 cm³/mol. The summed E-state index contributed by atoms with van der Waals surface area (Å²) in [7, 11) is 1.82. The summed E-state index contributed by atoms with van der Waals surface area (Å²) in [6.45, 7) is 6.39. The van der Waals surface area contributed by atoms with Crippen LogP contribution in [0.25, 0.3) is 0 Å². The van der Waals surface area contributed by atoms with Crippen molar-refractivity contribution in [3.63, 3.8) is 0 Å². The maximum atomic E-state index is 12.8. The molecule has 0 aromatic carbocycles. The van der Waals surface area contributed by atoms with Gasteiger partial charge in [-0.05, 0) is 33.6 Å². The van der Waals surface area contributed by atoms with E-state index in [1.807, 2.05) is 32.7 Å². The van der Waals surface area contributed by atoms with E-state index in [1.54, 1.807) is 4.68 Å². The van der Waals surface area contributed by atoms with Crippen LogP contribution in [0.2, 0.25) is 5.15 Å². The summed E-state index contributed by atoms with van der Waals surface area (Å²) >= 11 is 6.39. The second-order valence-electron chi connectivity index (χ2n) is 6.14. The molecular weight excluding hydrogens is 316 g/mol. The summed E-state index contributed by atoms with van der Waals surface area (Å²) in [5.41, 5.74) is 3.52. The molecule has 0 radical (unpaired) electrons. The fourth-order valence-corrected chi connectivity index (χ4v) is 3.70. The molecule has 0 saturated carbocycles. The van der Waals surface area contributed by atoms with Gasteiger partial charge in [0.2, 0.25) is 5.91 Å². The van der Waals surface area contributed by atoms with Crippen molar-refractivity contribution in [2.24, 2.45) is 7.05 Å². The number of carbonyl (C=O) groups excluding carboxylic acids is 1. The van der Waals surface area contributed by atoms with Crippen LogP contribution < -0.4 is 0 Å². The minimum atomic E-state index is 0.00386. The molecule has 3 heterocycles. The molecule has 1 aliphatic rings. The Balaban J connectivity index is 1.85. The number of hydrogen-bond acceptors (Lipinski definition) is 4. The van der Waals surface area contributed by atoms with Crippen LogP contribution in [0.15, 0.2) is 4.52 Å². The molecule has 124 valence electrons. The SMILES string of the molecule is Cc1noc(C)c1CC(=O)N1CCC[C@H]1c1c(C)nn(C)c1Cl. The zero-order valence-corrected chi connectivity index (χ0v) is 14.6. The van der Waals surface area contributed by atoms with Gasteiger partial charge in [-0.1, -0.05) is 16.8 Å². The number of aromatic nitrogens is 3. The van der Waals surface area contributed by atoms with Crippen LogP contribution in [0.4, 0.5) is 0 Å². The molecule has 1 fully saturated rings. The summed E-state index contributed by atoms with van der Waals surface area (Å²) in [4.78, 5) is 14.7. The highest BCUT2D eigenvalue weighted by molar-refractivity contribution is 6.30. The predicted octanol–water partition coefficient (Wildman–Crippen LogP) is 2.89. The van der Waals surface area contributed by atoms with E-state index in [9.17, 15) is 4.79 Å². The van der Waals surface area contributed by atoms with Crippen molar-refractivity contribution in [3.05, 3.63) is 33.4 Å². The van der Waals surface area contributed by atoms with Gasteiger partial charge in [-0.2, -0.15) is 5.10 Å². The van der Waals surface area contributed by atoms with Crippen LogP contribution in [0, 0.1) is 20.8 Å². The molecular formula is C16H21ClN4O2. The Labute approximate surface area is 140 Å². The molecule has 2 aromatic heterocycles. The van der Waals surface area contributed by atoms with Gasteiger partial charge in [-0.25, -0.2) is 0 Å². The summed E-state index contributed by atoms with van der Waals surface area (Å²) in [5.74, 6) is 0.795. The van der Waals surface area contributed by atoms with Crippen LogP contribution in [0.5, 0.6) is 0 Å². The molecule has 1 aliphatic heterocycles. The largest absolute Gasteiger partial charge is 0.361 e. The van der Waals surface area contributed by atoms with Crippen LogP contribution in [0.1, 0.15) is 47.2 Å². The molecule has 0 unspecified atom stereocenters. The number of carbonyl (C=O) groups is 1. The third-order valence-corrected chi connectivity index (χ3v) is 5.06. The van der Waals surface area contributed by atoms with Crippen LogP contribution >= 0.6 is 11.6 Å². The molecule has 0 spiro atoms. The van der Waals surface area contributed by atoms with Gasteiger partial charge >= 0.3 is 0 Å². The van der Waals surface area contributed by atoms with E-state index >= 15 is 0 Å². The number of hydrogen-bond donors (Lipinski definition) is 0. The van der Waals surface area contributed by atoms with Gasteiger partial charge in [0.05, 0.1) is 23.9 Å².